The van der Waals surface area contributed by atoms with Crippen LogP contribution in [-0.4, -0.2) is 31.7 Å². The van der Waals surface area contributed by atoms with E-state index < -0.39 is 0 Å². The van der Waals surface area contributed by atoms with Crippen LogP contribution in [0.4, 0.5) is 0 Å². The highest BCUT2D eigenvalue weighted by Crippen LogP contribution is 2.30. The molecule has 6 heteroatoms. The third kappa shape index (κ3) is 2.86. The lowest BCUT2D eigenvalue weighted by atomic mass is 9.98. The largest absolute Gasteiger partial charge is 0.334 e. The number of carbonyl (C=O) groups excluding carboxylic acids is 1. The Hall–Kier alpha value is -2.21. The topological polar surface area (TPSA) is 50.5 Å². The average Bonchev–Trinajstić information content (AvgIpc) is 3.25. The lowest BCUT2D eigenvalue weighted by Crippen LogP contribution is -2.39. The molecule has 23 heavy (non-hydrogen) atoms. The van der Waals surface area contributed by atoms with Gasteiger partial charge in [-0.15, -0.1) is 11.3 Å². The van der Waals surface area contributed by atoms with Gasteiger partial charge in [-0.1, -0.05) is 6.07 Å². The fourth-order valence-corrected chi connectivity index (χ4v) is 3.90. The monoisotopic (exact) mass is 326 g/mol. The van der Waals surface area contributed by atoms with Crippen LogP contribution in [0, 0.1) is 0 Å². The van der Waals surface area contributed by atoms with Crippen LogP contribution in [0.5, 0.6) is 0 Å². The van der Waals surface area contributed by atoms with Gasteiger partial charge in [-0.25, -0.2) is 9.97 Å². The maximum absolute atomic E-state index is 12.7. The van der Waals surface area contributed by atoms with Crippen molar-refractivity contribution in [3.63, 3.8) is 0 Å². The fourth-order valence-electron chi connectivity index (χ4n) is 3.20. The predicted octanol–water partition coefficient (Wildman–Crippen LogP) is 3.09. The van der Waals surface area contributed by atoms with E-state index in [0.29, 0.717) is 12.2 Å². The van der Waals surface area contributed by atoms with E-state index in [0.717, 1.165) is 36.4 Å². The first-order valence-electron chi connectivity index (χ1n) is 7.93. The van der Waals surface area contributed by atoms with Gasteiger partial charge in [0, 0.05) is 30.0 Å². The fraction of sp³-hybridized carbons (Fsp3) is 0.353. The van der Waals surface area contributed by atoms with Crippen molar-refractivity contribution >= 4 is 23.0 Å². The Morgan fingerprint density at radius 1 is 1.30 bits per heavy atom. The van der Waals surface area contributed by atoms with Crippen LogP contribution in [0.1, 0.15) is 35.9 Å². The molecular weight excluding hydrogens is 308 g/mol. The summed E-state index contributed by atoms with van der Waals surface area (Å²) in [4.78, 5) is 24.8. The third-order valence-electron chi connectivity index (χ3n) is 4.35. The third-order valence-corrected chi connectivity index (χ3v) is 5.23. The zero-order valence-corrected chi connectivity index (χ0v) is 13.6. The van der Waals surface area contributed by atoms with E-state index >= 15 is 0 Å². The van der Waals surface area contributed by atoms with E-state index in [-0.39, 0.29) is 11.9 Å². The van der Waals surface area contributed by atoms with Gasteiger partial charge < -0.3 is 4.90 Å². The molecule has 1 amide bonds. The molecule has 1 atom stereocenters. The molecule has 3 aromatic rings. The van der Waals surface area contributed by atoms with Crippen molar-refractivity contribution in [2.24, 2.45) is 0 Å². The molecule has 0 aromatic carbocycles. The van der Waals surface area contributed by atoms with Gasteiger partial charge >= 0.3 is 0 Å². The number of likely N-dealkylation sites (tertiary alicyclic amines) is 1. The molecule has 4 rings (SSSR count). The van der Waals surface area contributed by atoms with Gasteiger partial charge in [0.2, 0.25) is 11.7 Å². The predicted molar refractivity (Wildman–Crippen MR) is 89.3 cm³/mol. The SMILES string of the molecule is O=C(Cc1cccs1)N1CCCC[C@@H]1c1ccn2ccnc2n1. The number of hydrogen-bond acceptors (Lipinski definition) is 4. The van der Waals surface area contributed by atoms with Gasteiger partial charge in [-0.05, 0) is 36.8 Å². The van der Waals surface area contributed by atoms with Crippen molar-refractivity contribution in [1.29, 1.82) is 0 Å². The summed E-state index contributed by atoms with van der Waals surface area (Å²) in [6.45, 7) is 0.816. The summed E-state index contributed by atoms with van der Waals surface area (Å²) in [5, 5.41) is 2.02. The van der Waals surface area contributed by atoms with E-state index in [1.54, 1.807) is 17.5 Å². The number of carbonyl (C=O) groups is 1. The Labute approximate surface area is 138 Å². The van der Waals surface area contributed by atoms with Gasteiger partial charge in [0.05, 0.1) is 18.2 Å². The number of fused-ring (bicyclic) bond motifs is 1. The summed E-state index contributed by atoms with van der Waals surface area (Å²) >= 11 is 1.64. The number of amides is 1. The smallest absolute Gasteiger partial charge is 0.233 e. The van der Waals surface area contributed by atoms with Gasteiger partial charge in [0.15, 0.2) is 0 Å². The highest BCUT2D eigenvalue weighted by atomic mass is 32.1. The highest BCUT2D eigenvalue weighted by molar-refractivity contribution is 7.10. The molecule has 0 aliphatic carbocycles. The average molecular weight is 326 g/mol. The Balaban J connectivity index is 1.60. The molecule has 5 nitrogen and oxygen atoms in total. The summed E-state index contributed by atoms with van der Waals surface area (Å²) in [7, 11) is 0. The first kappa shape index (κ1) is 14.4. The van der Waals surface area contributed by atoms with Crippen LogP contribution in [0.2, 0.25) is 0 Å². The first-order valence-corrected chi connectivity index (χ1v) is 8.81. The molecule has 4 heterocycles. The maximum atomic E-state index is 12.7. The van der Waals surface area contributed by atoms with Crippen molar-refractivity contribution in [1.82, 2.24) is 19.3 Å². The Morgan fingerprint density at radius 3 is 3.13 bits per heavy atom. The minimum Gasteiger partial charge on any atom is -0.334 e. The van der Waals surface area contributed by atoms with E-state index in [2.05, 4.69) is 9.97 Å². The molecule has 3 aromatic heterocycles. The molecule has 1 saturated heterocycles. The lowest BCUT2D eigenvalue weighted by Gasteiger charge is -2.35. The Bertz CT molecular complexity index is 811. The Morgan fingerprint density at radius 2 is 2.26 bits per heavy atom. The minimum absolute atomic E-state index is 0.0675. The Kier molecular flexibility index (Phi) is 3.83. The molecule has 0 radical (unpaired) electrons. The van der Waals surface area contributed by atoms with Crippen LogP contribution in [0.25, 0.3) is 5.78 Å². The summed E-state index contributed by atoms with van der Waals surface area (Å²) in [5.74, 6) is 0.890. The van der Waals surface area contributed by atoms with Crippen molar-refractivity contribution in [3.8, 4) is 0 Å². The van der Waals surface area contributed by atoms with E-state index in [1.807, 2.05) is 45.3 Å². The number of aromatic nitrogens is 3. The van der Waals surface area contributed by atoms with Crippen molar-refractivity contribution in [3.05, 3.63) is 52.7 Å². The molecule has 1 aliphatic rings. The molecule has 0 unspecified atom stereocenters. The second-order valence-electron chi connectivity index (χ2n) is 5.84. The standard InChI is InChI=1S/C17H18N4OS/c22-16(12-13-4-3-11-23-13)21-8-2-1-5-15(21)14-6-9-20-10-7-18-17(20)19-14/h3-4,6-7,9-11,15H,1-2,5,8,12H2/t15-/m1/s1. The highest BCUT2D eigenvalue weighted by Gasteiger charge is 2.29. The van der Waals surface area contributed by atoms with Crippen LogP contribution in [-0.2, 0) is 11.2 Å². The van der Waals surface area contributed by atoms with E-state index in [4.69, 9.17) is 0 Å². The summed E-state index contributed by atoms with van der Waals surface area (Å²) in [5.41, 5.74) is 0.947. The molecule has 0 spiro atoms. The van der Waals surface area contributed by atoms with Crippen LogP contribution >= 0.6 is 11.3 Å². The first-order chi connectivity index (χ1) is 11.3. The number of hydrogen-bond donors (Lipinski definition) is 0. The summed E-state index contributed by atoms with van der Waals surface area (Å²) < 4.78 is 1.89. The van der Waals surface area contributed by atoms with Crippen LogP contribution < -0.4 is 0 Å². The number of rotatable bonds is 3. The second kappa shape index (κ2) is 6.12. The molecule has 1 aliphatic heterocycles. The summed E-state index contributed by atoms with van der Waals surface area (Å²) in [6, 6.07) is 6.10. The van der Waals surface area contributed by atoms with Crippen molar-refractivity contribution < 1.29 is 4.79 Å². The zero-order chi connectivity index (χ0) is 15.6. The van der Waals surface area contributed by atoms with E-state index in [1.165, 1.54) is 0 Å². The minimum atomic E-state index is 0.0675. The molecule has 1 fully saturated rings. The van der Waals surface area contributed by atoms with Gasteiger partial charge in [0.25, 0.3) is 0 Å². The molecule has 0 saturated carbocycles. The van der Waals surface area contributed by atoms with Crippen molar-refractivity contribution in [2.75, 3.05) is 6.54 Å². The molecule has 0 bridgehead atoms. The van der Waals surface area contributed by atoms with Gasteiger partial charge in [-0.3, -0.25) is 9.20 Å². The lowest BCUT2D eigenvalue weighted by molar-refractivity contribution is -0.134. The summed E-state index contributed by atoms with van der Waals surface area (Å²) in [6.07, 6.45) is 9.26. The number of piperidine rings is 1. The quantitative estimate of drug-likeness (QED) is 0.743. The van der Waals surface area contributed by atoms with E-state index in [9.17, 15) is 4.79 Å². The molecular formula is C17H18N4OS. The molecule has 118 valence electrons. The van der Waals surface area contributed by atoms with Crippen LogP contribution in [0.3, 0.4) is 0 Å². The second-order valence-corrected chi connectivity index (χ2v) is 6.87. The number of thiophene rings is 1. The maximum Gasteiger partial charge on any atom is 0.233 e. The number of imidazole rings is 1. The zero-order valence-electron chi connectivity index (χ0n) is 12.8. The van der Waals surface area contributed by atoms with Gasteiger partial charge in [0.1, 0.15) is 0 Å². The van der Waals surface area contributed by atoms with Crippen molar-refractivity contribution in [2.45, 2.75) is 31.7 Å². The van der Waals surface area contributed by atoms with Crippen LogP contribution in [0.15, 0.2) is 42.2 Å². The molecule has 0 N–H and O–H groups in total. The van der Waals surface area contributed by atoms with Gasteiger partial charge in [-0.2, -0.15) is 0 Å². The number of nitrogens with zero attached hydrogens (tertiary/aromatic N) is 4. The normalized spacial score (nSPS) is 18.4.